The first-order chi connectivity index (χ1) is 12.1. The first-order valence-electron chi connectivity index (χ1n) is 7.43. The van der Waals surface area contributed by atoms with Gasteiger partial charge in [-0.05, 0) is 46.4 Å². The number of amides is 1. The van der Waals surface area contributed by atoms with Gasteiger partial charge in [0.2, 0.25) is 0 Å². The van der Waals surface area contributed by atoms with Crippen LogP contribution in [0.2, 0.25) is 0 Å². The van der Waals surface area contributed by atoms with Gasteiger partial charge in [-0.2, -0.15) is 0 Å². The summed E-state index contributed by atoms with van der Waals surface area (Å²) in [4.78, 5) is 25.9. The summed E-state index contributed by atoms with van der Waals surface area (Å²) < 4.78 is 5.70. The fraction of sp³-hybridized carbons (Fsp3) is 0.0526. The van der Waals surface area contributed by atoms with Crippen LogP contribution in [0, 0.1) is 3.57 Å². The number of hydrogen-bond donors (Lipinski definition) is 1. The molecule has 0 aliphatic rings. The summed E-state index contributed by atoms with van der Waals surface area (Å²) in [7, 11) is 1.33. The first kappa shape index (κ1) is 17.6. The van der Waals surface area contributed by atoms with Crippen molar-refractivity contribution in [1.29, 1.82) is 0 Å². The molecule has 0 bridgehead atoms. The summed E-state index contributed by atoms with van der Waals surface area (Å²) in [6, 6.07) is 18.8. The molecule has 0 atom stereocenters. The van der Waals surface area contributed by atoms with Gasteiger partial charge in [0.05, 0.1) is 18.4 Å². The number of rotatable bonds is 4. The number of methoxy groups -OCH3 is 1. The van der Waals surface area contributed by atoms with Crippen molar-refractivity contribution in [1.82, 2.24) is 0 Å². The Labute approximate surface area is 163 Å². The Morgan fingerprint density at radius 1 is 1.04 bits per heavy atom. The molecule has 25 heavy (non-hydrogen) atoms. The van der Waals surface area contributed by atoms with E-state index in [-0.39, 0.29) is 5.91 Å². The highest BCUT2D eigenvalue weighted by Gasteiger charge is 2.20. The van der Waals surface area contributed by atoms with E-state index in [1.54, 1.807) is 18.2 Å². The summed E-state index contributed by atoms with van der Waals surface area (Å²) in [5.41, 5.74) is 2.00. The van der Waals surface area contributed by atoms with Gasteiger partial charge in [0, 0.05) is 8.45 Å². The monoisotopic (exact) mass is 463 g/mol. The Hall–Kier alpha value is -2.19. The van der Waals surface area contributed by atoms with Gasteiger partial charge in [0.25, 0.3) is 5.91 Å². The van der Waals surface area contributed by atoms with E-state index in [1.165, 1.54) is 18.4 Å². The van der Waals surface area contributed by atoms with Gasteiger partial charge in [0.1, 0.15) is 4.88 Å². The average molecular weight is 463 g/mol. The van der Waals surface area contributed by atoms with Gasteiger partial charge >= 0.3 is 5.97 Å². The van der Waals surface area contributed by atoms with E-state index in [0.717, 1.165) is 14.0 Å². The van der Waals surface area contributed by atoms with Crippen LogP contribution in [0.3, 0.4) is 0 Å². The summed E-state index contributed by atoms with van der Waals surface area (Å²) >= 11 is 3.41. The SMILES string of the molecule is COC(=O)c1sc(-c2ccccc2)cc1NC(=O)c1ccccc1I. The van der Waals surface area contributed by atoms with Crippen molar-refractivity contribution >= 4 is 51.5 Å². The zero-order valence-electron chi connectivity index (χ0n) is 13.3. The fourth-order valence-corrected chi connectivity index (χ4v) is 3.98. The zero-order chi connectivity index (χ0) is 17.8. The Morgan fingerprint density at radius 2 is 1.72 bits per heavy atom. The van der Waals surface area contributed by atoms with Gasteiger partial charge in [-0.1, -0.05) is 42.5 Å². The second-order valence-corrected chi connectivity index (χ2v) is 7.36. The van der Waals surface area contributed by atoms with Crippen molar-refractivity contribution < 1.29 is 14.3 Å². The van der Waals surface area contributed by atoms with Crippen molar-refractivity contribution in [2.24, 2.45) is 0 Å². The van der Waals surface area contributed by atoms with E-state index in [1.807, 2.05) is 42.5 Å². The second-order valence-electron chi connectivity index (χ2n) is 5.15. The van der Waals surface area contributed by atoms with Crippen LogP contribution in [0.4, 0.5) is 5.69 Å². The number of hydrogen-bond acceptors (Lipinski definition) is 4. The molecule has 0 radical (unpaired) electrons. The quantitative estimate of drug-likeness (QED) is 0.435. The molecule has 1 heterocycles. The molecule has 1 aromatic heterocycles. The third-order valence-electron chi connectivity index (χ3n) is 3.53. The number of nitrogens with one attached hydrogen (secondary N) is 1. The van der Waals surface area contributed by atoms with Crippen molar-refractivity contribution in [2.45, 2.75) is 0 Å². The Morgan fingerprint density at radius 3 is 2.40 bits per heavy atom. The summed E-state index contributed by atoms with van der Waals surface area (Å²) in [5.74, 6) is -0.724. The molecule has 4 nitrogen and oxygen atoms in total. The number of ether oxygens (including phenoxy) is 1. The molecule has 2 aromatic carbocycles. The molecular formula is C19H14INO3S. The van der Waals surface area contributed by atoms with Gasteiger partial charge in [-0.25, -0.2) is 4.79 Å². The standard InChI is InChI=1S/C19H14INO3S/c1-24-19(23)17-15(11-16(25-17)12-7-3-2-4-8-12)21-18(22)13-9-5-6-10-14(13)20/h2-11H,1H3,(H,21,22). The molecule has 0 spiro atoms. The van der Waals surface area contributed by atoms with E-state index in [4.69, 9.17) is 4.74 Å². The Bertz CT molecular complexity index is 921. The predicted octanol–water partition coefficient (Wildman–Crippen LogP) is 5.06. The Balaban J connectivity index is 1.97. The first-order valence-corrected chi connectivity index (χ1v) is 9.33. The minimum atomic E-state index is -0.467. The molecular weight excluding hydrogens is 449 g/mol. The van der Waals surface area contributed by atoms with Crippen molar-refractivity contribution in [3.63, 3.8) is 0 Å². The lowest BCUT2D eigenvalue weighted by atomic mass is 10.2. The molecule has 1 N–H and O–H groups in total. The highest BCUT2D eigenvalue weighted by Crippen LogP contribution is 2.35. The zero-order valence-corrected chi connectivity index (χ0v) is 16.3. The molecule has 0 unspecified atom stereocenters. The van der Waals surface area contributed by atoms with Crippen LogP contribution >= 0.6 is 33.9 Å². The number of thiophene rings is 1. The van der Waals surface area contributed by atoms with Crippen LogP contribution < -0.4 is 5.32 Å². The molecule has 126 valence electrons. The molecule has 3 rings (SSSR count). The molecule has 1 amide bonds. The van der Waals surface area contributed by atoms with Gasteiger partial charge in [-0.15, -0.1) is 11.3 Å². The molecule has 3 aromatic rings. The number of anilines is 1. The molecule has 0 saturated heterocycles. The number of halogens is 1. The maximum absolute atomic E-state index is 12.6. The van der Waals surface area contributed by atoms with Crippen LogP contribution in [0.5, 0.6) is 0 Å². The molecule has 0 saturated carbocycles. The fourth-order valence-electron chi connectivity index (χ4n) is 2.31. The van der Waals surface area contributed by atoms with E-state index >= 15 is 0 Å². The highest BCUT2D eigenvalue weighted by atomic mass is 127. The van der Waals surface area contributed by atoms with E-state index in [0.29, 0.717) is 16.1 Å². The second kappa shape index (κ2) is 7.79. The maximum Gasteiger partial charge on any atom is 0.350 e. The summed E-state index contributed by atoms with van der Waals surface area (Å²) in [5, 5.41) is 2.84. The van der Waals surface area contributed by atoms with Gasteiger partial charge in [-0.3, -0.25) is 4.79 Å². The molecule has 0 fully saturated rings. The maximum atomic E-state index is 12.6. The van der Waals surface area contributed by atoms with Gasteiger partial charge in [0.15, 0.2) is 0 Å². The highest BCUT2D eigenvalue weighted by molar-refractivity contribution is 14.1. The number of carbonyl (C=O) groups excluding carboxylic acids is 2. The van der Waals surface area contributed by atoms with Gasteiger partial charge < -0.3 is 10.1 Å². The van der Waals surface area contributed by atoms with Crippen LogP contribution in [0.1, 0.15) is 20.0 Å². The summed E-state index contributed by atoms with van der Waals surface area (Å²) in [6.07, 6.45) is 0. The van der Waals surface area contributed by atoms with Crippen molar-refractivity contribution in [2.75, 3.05) is 12.4 Å². The lowest BCUT2D eigenvalue weighted by Crippen LogP contribution is -2.15. The minimum Gasteiger partial charge on any atom is -0.465 e. The smallest absolute Gasteiger partial charge is 0.350 e. The lowest BCUT2D eigenvalue weighted by molar-refractivity contribution is 0.0607. The van der Waals surface area contributed by atoms with E-state index in [9.17, 15) is 9.59 Å². The summed E-state index contributed by atoms with van der Waals surface area (Å²) in [6.45, 7) is 0. The minimum absolute atomic E-state index is 0.257. The average Bonchev–Trinajstić information content (AvgIpc) is 3.06. The van der Waals surface area contributed by atoms with Crippen molar-refractivity contribution in [3.8, 4) is 10.4 Å². The number of carbonyl (C=O) groups is 2. The largest absolute Gasteiger partial charge is 0.465 e. The lowest BCUT2D eigenvalue weighted by Gasteiger charge is -2.06. The Kier molecular flexibility index (Phi) is 5.50. The van der Waals surface area contributed by atoms with E-state index in [2.05, 4.69) is 27.9 Å². The molecule has 0 aliphatic heterocycles. The third-order valence-corrected chi connectivity index (χ3v) is 5.63. The topological polar surface area (TPSA) is 55.4 Å². The normalized spacial score (nSPS) is 10.3. The molecule has 0 aliphatic carbocycles. The predicted molar refractivity (Wildman–Crippen MR) is 108 cm³/mol. The van der Waals surface area contributed by atoms with Crippen LogP contribution in [-0.2, 0) is 4.74 Å². The number of esters is 1. The number of benzene rings is 2. The van der Waals surface area contributed by atoms with Crippen LogP contribution in [0.15, 0.2) is 60.7 Å². The van der Waals surface area contributed by atoms with Crippen LogP contribution in [0.25, 0.3) is 10.4 Å². The van der Waals surface area contributed by atoms with E-state index < -0.39 is 5.97 Å². The van der Waals surface area contributed by atoms with Crippen molar-refractivity contribution in [3.05, 3.63) is 74.7 Å². The third kappa shape index (κ3) is 3.91. The molecule has 6 heteroatoms. The van der Waals surface area contributed by atoms with Crippen LogP contribution in [-0.4, -0.2) is 19.0 Å².